The van der Waals surface area contributed by atoms with Gasteiger partial charge in [-0.2, -0.15) is 0 Å². The Bertz CT molecular complexity index is 742. The molecule has 1 unspecified atom stereocenters. The Morgan fingerprint density at radius 2 is 2.11 bits per heavy atom. The third-order valence-electron chi connectivity index (χ3n) is 6.05. The first-order valence-electron chi connectivity index (χ1n) is 10.1. The molecule has 1 aromatic carbocycles. The molecule has 1 heterocycles. The van der Waals surface area contributed by atoms with E-state index >= 15 is 0 Å². The molecule has 2 saturated carbocycles. The average Bonchev–Trinajstić information content (AvgIpc) is 3.46. The molecule has 1 atom stereocenters. The fourth-order valence-corrected chi connectivity index (χ4v) is 4.14. The van der Waals surface area contributed by atoms with Crippen LogP contribution in [0.15, 0.2) is 18.2 Å². The molecule has 28 heavy (non-hydrogen) atoms. The minimum absolute atomic E-state index is 0.0175. The summed E-state index contributed by atoms with van der Waals surface area (Å²) in [5.41, 5.74) is 0.995. The van der Waals surface area contributed by atoms with Crippen LogP contribution in [0.25, 0.3) is 0 Å². The predicted octanol–water partition coefficient (Wildman–Crippen LogP) is 1.69. The third kappa shape index (κ3) is 4.41. The van der Waals surface area contributed by atoms with Gasteiger partial charge in [0, 0.05) is 18.6 Å². The maximum absolute atomic E-state index is 12.7. The minimum Gasteiger partial charge on any atom is -0.497 e. The molecule has 1 aliphatic heterocycles. The summed E-state index contributed by atoms with van der Waals surface area (Å²) < 4.78 is 11.0. The van der Waals surface area contributed by atoms with Crippen LogP contribution in [0.2, 0.25) is 0 Å². The molecule has 0 radical (unpaired) electrons. The lowest BCUT2D eigenvalue weighted by atomic mass is 9.84. The minimum atomic E-state index is -0.776. The second kappa shape index (κ2) is 7.99. The van der Waals surface area contributed by atoms with Gasteiger partial charge in [-0.25, -0.2) is 0 Å². The highest BCUT2D eigenvalue weighted by atomic mass is 16.5. The molecule has 4 rings (SSSR count). The Balaban J connectivity index is 1.27. The molecule has 7 heteroatoms. The quantitative estimate of drug-likeness (QED) is 0.705. The number of benzene rings is 1. The Morgan fingerprint density at radius 3 is 2.79 bits per heavy atom. The summed E-state index contributed by atoms with van der Waals surface area (Å²) >= 11 is 0. The Hall–Kier alpha value is -2.28. The van der Waals surface area contributed by atoms with Crippen molar-refractivity contribution in [1.29, 1.82) is 0 Å². The molecule has 2 fully saturated rings. The molecule has 152 valence electrons. The Kier molecular flexibility index (Phi) is 5.44. The zero-order valence-corrected chi connectivity index (χ0v) is 16.2. The van der Waals surface area contributed by atoms with Crippen LogP contribution < -0.4 is 14.8 Å². The summed E-state index contributed by atoms with van der Waals surface area (Å²) in [4.78, 5) is 25.9. The predicted molar refractivity (Wildman–Crippen MR) is 103 cm³/mol. The van der Waals surface area contributed by atoms with E-state index in [0.29, 0.717) is 18.9 Å². The number of methoxy groups -OCH3 is 1. The van der Waals surface area contributed by atoms with Crippen molar-refractivity contribution < 1.29 is 24.2 Å². The number of carboxylic acid groups (broad SMARTS) is 1. The molecule has 2 N–H and O–H groups in total. The highest BCUT2D eigenvalue weighted by molar-refractivity contribution is 5.80. The van der Waals surface area contributed by atoms with Gasteiger partial charge in [0.05, 0.1) is 19.6 Å². The topological polar surface area (TPSA) is 88.1 Å². The maximum atomic E-state index is 12.7. The standard InChI is InChI=1S/C21H28N2O5/c1-27-18-4-5-19-14(7-18)6-15(12-28-19)21(26)22-16-8-17(9-16)23(11-20(24)25)10-13-2-3-13/h4-5,7,13,15-17H,2-3,6,8-12H2,1H3,(H,22,26)(H,24,25). The van der Waals surface area contributed by atoms with Crippen molar-refractivity contribution in [1.82, 2.24) is 10.2 Å². The van der Waals surface area contributed by atoms with E-state index in [1.54, 1.807) is 7.11 Å². The summed E-state index contributed by atoms with van der Waals surface area (Å²) in [6.07, 6.45) is 4.70. The number of hydrogen-bond acceptors (Lipinski definition) is 5. The van der Waals surface area contributed by atoms with E-state index in [-0.39, 0.29) is 30.5 Å². The van der Waals surface area contributed by atoms with Crippen LogP contribution in [0.1, 0.15) is 31.2 Å². The summed E-state index contributed by atoms with van der Waals surface area (Å²) in [7, 11) is 1.62. The molecule has 1 amide bonds. The third-order valence-corrected chi connectivity index (χ3v) is 6.05. The highest BCUT2D eigenvalue weighted by Crippen LogP contribution is 2.34. The molecule has 1 aromatic rings. The monoisotopic (exact) mass is 388 g/mol. The molecular formula is C21H28N2O5. The van der Waals surface area contributed by atoms with Crippen LogP contribution in [0.5, 0.6) is 11.5 Å². The number of nitrogens with one attached hydrogen (secondary N) is 1. The SMILES string of the molecule is COc1ccc2c(c1)CC(C(=O)NC1CC(N(CC(=O)O)CC3CC3)C1)CO2. The van der Waals surface area contributed by atoms with Crippen molar-refractivity contribution in [3.8, 4) is 11.5 Å². The number of amides is 1. The summed E-state index contributed by atoms with van der Waals surface area (Å²) in [5, 5.41) is 12.3. The van der Waals surface area contributed by atoms with E-state index in [2.05, 4.69) is 10.2 Å². The zero-order valence-electron chi connectivity index (χ0n) is 16.2. The maximum Gasteiger partial charge on any atom is 0.317 e. The lowest BCUT2D eigenvalue weighted by Gasteiger charge is -2.43. The molecule has 0 aromatic heterocycles. The largest absolute Gasteiger partial charge is 0.497 e. The van der Waals surface area contributed by atoms with Gasteiger partial charge in [-0.1, -0.05) is 0 Å². The lowest BCUT2D eigenvalue weighted by molar-refractivity contribution is -0.140. The summed E-state index contributed by atoms with van der Waals surface area (Å²) in [6, 6.07) is 6.05. The van der Waals surface area contributed by atoms with Gasteiger partial charge >= 0.3 is 5.97 Å². The van der Waals surface area contributed by atoms with E-state index < -0.39 is 5.97 Å². The molecule has 0 bridgehead atoms. The van der Waals surface area contributed by atoms with Gasteiger partial charge in [0.1, 0.15) is 18.1 Å². The van der Waals surface area contributed by atoms with Gasteiger partial charge in [-0.05, 0) is 61.8 Å². The van der Waals surface area contributed by atoms with Crippen LogP contribution >= 0.6 is 0 Å². The van der Waals surface area contributed by atoms with Crippen LogP contribution in [0, 0.1) is 11.8 Å². The van der Waals surface area contributed by atoms with Crippen molar-refractivity contribution in [2.75, 3.05) is 26.8 Å². The average molecular weight is 388 g/mol. The molecule has 7 nitrogen and oxygen atoms in total. The number of aliphatic carboxylic acids is 1. The van der Waals surface area contributed by atoms with E-state index in [4.69, 9.17) is 14.6 Å². The van der Waals surface area contributed by atoms with Gasteiger partial charge in [0.2, 0.25) is 5.91 Å². The number of fused-ring (bicyclic) bond motifs is 1. The van der Waals surface area contributed by atoms with Crippen molar-refractivity contribution in [2.24, 2.45) is 11.8 Å². The van der Waals surface area contributed by atoms with Crippen molar-refractivity contribution in [3.05, 3.63) is 23.8 Å². The second-order valence-electron chi connectivity index (χ2n) is 8.28. The second-order valence-corrected chi connectivity index (χ2v) is 8.28. The summed E-state index contributed by atoms with van der Waals surface area (Å²) in [5.74, 6) is 1.27. The van der Waals surface area contributed by atoms with Crippen LogP contribution in [0.4, 0.5) is 0 Å². The van der Waals surface area contributed by atoms with E-state index in [1.807, 2.05) is 18.2 Å². The van der Waals surface area contributed by atoms with E-state index in [1.165, 1.54) is 12.8 Å². The van der Waals surface area contributed by atoms with E-state index in [9.17, 15) is 9.59 Å². The molecule has 0 saturated heterocycles. The smallest absolute Gasteiger partial charge is 0.317 e. The lowest BCUT2D eigenvalue weighted by Crippen LogP contribution is -2.56. The first kappa shape index (κ1) is 19.1. The molecular weight excluding hydrogens is 360 g/mol. The normalized spacial score (nSPS) is 26.0. The number of carbonyl (C=O) groups excluding carboxylic acids is 1. The fourth-order valence-electron chi connectivity index (χ4n) is 4.14. The highest BCUT2D eigenvalue weighted by Gasteiger charge is 2.38. The number of ether oxygens (including phenoxy) is 2. The van der Waals surface area contributed by atoms with Crippen molar-refractivity contribution >= 4 is 11.9 Å². The van der Waals surface area contributed by atoms with Gasteiger partial charge in [0.25, 0.3) is 0 Å². The first-order valence-corrected chi connectivity index (χ1v) is 10.1. The molecule has 2 aliphatic carbocycles. The number of carbonyl (C=O) groups is 2. The van der Waals surface area contributed by atoms with Crippen LogP contribution in [-0.4, -0.2) is 60.8 Å². The fraction of sp³-hybridized carbons (Fsp3) is 0.619. The van der Waals surface area contributed by atoms with Gasteiger partial charge in [-0.3, -0.25) is 14.5 Å². The Morgan fingerprint density at radius 1 is 1.32 bits per heavy atom. The van der Waals surface area contributed by atoms with Gasteiger partial charge < -0.3 is 19.9 Å². The van der Waals surface area contributed by atoms with Crippen molar-refractivity contribution in [3.63, 3.8) is 0 Å². The van der Waals surface area contributed by atoms with Gasteiger partial charge in [-0.15, -0.1) is 0 Å². The van der Waals surface area contributed by atoms with Crippen LogP contribution in [-0.2, 0) is 16.0 Å². The van der Waals surface area contributed by atoms with E-state index in [0.717, 1.165) is 36.4 Å². The number of hydrogen-bond donors (Lipinski definition) is 2. The number of rotatable bonds is 8. The Labute approximate surface area is 165 Å². The molecule has 0 spiro atoms. The first-order chi connectivity index (χ1) is 13.5. The van der Waals surface area contributed by atoms with Crippen molar-refractivity contribution in [2.45, 2.75) is 44.2 Å². The summed E-state index contributed by atoms with van der Waals surface area (Å²) in [6.45, 7) is 1.35. The number of carboxylic acids is 1. The molecule has 3 aliphatic rings. The zero-order chi connectivity index (χ0) is 19.7. The number of nitrogens with zero attached hydrogens (tertiary/aromatic N) is 1. The van der Waals surface area contributed by atoms with Gasteiger partial charge in [0.15, 0.2) is 0 Å². The van der Waals surface area contributed by atoms with Crippen LogP contribution in [0.3, 0.4) is 0 Å².